The summed E-state index contributed by atoms with van der Waals surface area (Å²) in [6, 6.07) is 4.15. The zero-order valence-corrected chi connectivity index (χ0v) is 11.0. The number of aliphatic carboxylic acids is 1. The van der Waals surface area contributed by atoms with Crippen molar-refractivity contribution in [3.63, 3.8) is 0 Å². The van der Waals surface area contributed by atoms with Crippen LogP contribution in [0.25, 0.3) is 0 Å². The Hall–Kier alpha value is -1.51. The molecule has 1 atom stereocenters. The SMILES string of the molecule is Cc1ccc(NCC(C)CC(=O)O)c(C)c1C. The van der Waals surface area contributed by atoms with Crippen LogP contribution in [0.4, 0.5) is 5.69 Å². The van der Waals surface area contributed by atoms with Gasteiger partial charge in [0.25, 0.3) is 0 Å². The highest BCUT2D eigenvalue weighted by Crippen LogP contribution is 2.21. The standard InChI is InChI=1S/C14H21NO2/c1-9(7-14(16)17)8-15-13-6-5-10(2)11(3)12(13)4/h5-6,9,15H,7-8H2,1-4H3,(H,16,17). The Labute approximate surface area is 103 Å². The number of anilines is 1. The van der Waals surface area contributed by atoms with Crippen molar-refractivity contribution in [2.75, 3.05) is 11.9 Å². The molecule has 0 aliphatic heterocycles. The van der Waals surface area contributed by atoms with Gasteiger partial charge in [-0.3, -0.25) is 4.79 Å². The number of aryl methyl sites for hydroxylation is 1. The average Bonchev–Trinajstić information content (AvgIpc) is 2.24. The van der Waals surface area contributed by atoms with Crippen LogP contribution in [0.15, 0.2) is 12.1 Å². The predicted octanol–water partition coefficient (Wildman–Crippen LogP) is 3.13. The van der Waals surface area contributed by atoms with Crippen molar-refractivity contribution in [2.24, 2.45) is 5.92 Å². The van der Waals surface area contributed by atoms with Crippen molar-refractivity contribution in [2.45, 2.75) is 34.1 Å². The smallest absolute Gasteiger partial charge is 0.303 e. The van der Waals surface area contributed by atoms with E-state index in [9.17, 15) is 4.79 Å². The van der Waals surface area contributed by atoms with Gasteiger partial charge >= 0.3 is 5.97 Å². The third kappa shape index (κ3) is 3.77. The molecule has 1 rings (SSSR count). The van der Waals surface area contributed by atoms with Gasteiger partial charge in [0.2, 0.25) is 0 Å². The van der Waals surface area contributed by atoms with Crippen molar-refractivity contribution in [1.29, 1.82) is 0 Å². The highest BCUT2D eigenvalue weighted by Gasteiger charge is 2.08. The molecule has 0 aliphatic carbocycles. The molecular formula is C14H21NO2. The summed E-state index contributed by atoms with van der Waals surface area (Å²) in [5, 5.41) is 12.0. The molecule has 2 N–H and O–H groups in total. The molecule has 3 heteroatoms. The van der Waals surface area contributed by atoms with Crippen LogP contribution in [0.5, 0.6) is 0 Å². The molecule has 0 saturated heterocycles. The van der Waals surface area contributed by atoms with Gasteiger partial charge in [0, 0.05) is 18.7 Å². The predicted molar refractivity (Wildman–Crippen MR) is 70.6 cm³/mol. The van der Waals surface area contributed by atoms with Gasteiger partial charge in [-0.25, -0.2) is 0 Å². The third-order valence-electron chi connectivity index (χ3n) is 3.22. The van der Waals surface area contributed by atoms with E-state index in [-0.39, 0.29) is 12.3 Å². The lowest BCUT2D eigenvalue weighted by molar-refractivity contribution is -0.137. The molecule has 1 aromatic rings. The molecule has 0 fully saturated rings. The largest absolute Gasteiger partial charge is 0.481 e. The van der Waals surface area contributed by atoms with Crippen molar-refractivity contribution < 1.29 is 9.90 Å². The normalized spacial score (nSPS) is 12.2. The van der Waals surface area contributed by atoms with Gasteiger partial charge in [-0.15, -0.1) is 0 Å². The molecule has 0 aliphatic rings. The van der Waals surface area contributed by atoms with Gasteiger partial charge in [0.15, 0.2) is 0 Å². The van der Waals surface area contributed by atoms with Gasteiger partial charge in [0.1, 0.15) is 0 Å². The van der Waals surface area contributed by atoms with Crippen molar-refractivity contribution in [1.82, 2.24) is 0 Å². The molecule has 0 bridgehead atoms. The van der Waals surface area contributed by atoms with Crippen molar-refractivity contribution in [3.8, 4) is 0 Å². The van der Waals surface area contributed by atoms with E-state index in [0.717, 1.165) is 5.69 Å². The summed E-state index contributed by atoms with van der Waals surface area (Å²) >= 11 is 0. The molecule has 0 saturated carbocycles. The number of benzene rings is 1. The average molecular weight is 235 g/mol. The Balaban J connectivity index is 2.64. The second kappa shape index (κ2) is 5.71. The number of carboxylic acid groups (broad SMARTS) is 1. The molecule has 0 radical (unpaired) electrons. The topological polar surface area (TPSA) is 49.3 Å². The fourth-order valence-electron chi connectivity index (χ4n) is 1.80. The van der Waals surface area contributed by atoms with Crippen LogP contribution in [0.1, 0.15) is 30.0 Å². The summed E-state index contributed by atoms with van der Waals surface area (Å²) in [7, 11) is 0. The summed E-state index contributed by atoms with van der Waals surface area (Å²) in [5.41, 5.74) is 4.92. The van der Waals surface area contributed by atoms with Gasteiger partial charge in [0.05, 0.1) is 0 Å². The monoisotopic (exact) mass is 235 g/mol. The first-order chi connectivity index (χ1) is 7.91. The van der Waals surface area contributed by atoms with E-state index < -0.39 is 5.97 Å². The van der Waals surface area contributed by atoms with E-state index >= 15 is 0 Å². The molecule has 94 valence electrons. The molecular weight excluding hydrogens is 214 g/mol. The van der Waals surface area contributed by atoms with Gasteiger partial charge < -0.3 is 10.4 Å². The molecule has 1 unspecified atom stereocenters. The lowest BCUT2D eigenvalue weighted by atomic mass is 10.0. The molecule has 0 spiro atoms. The third-order valence-corrected chi connectivity index (χ3v) is 3.22. The van der Waals surface area contributed by atoms with Gasteiger partial charge in [-0.2, -0.15) is 0 Å². The van der Waals surface area contributed by atoms with Crippen LogP contribution in [-0.2, 0) is 4.79 Å². The zero-order valence-electron chi connectivity index (χ0n) is 11.0. The first-order valence-corrected chi connectivity index (χ1v) is 5.94. The van der Waals surface area contributed by atoms with Crippen LogP contribution in [0.3, 0.4) is 0 Å². The van der Waals surface area contributed by atoms with Crippen LogP contribution in [0.2, 0.25) is 0 Å². The van der Waals surface area contributed by atoms with Gasteiger partial charge in [-0.05, 0) is 49.4 Å². The lowest BCUT2D eigenvalue weighted by Gasteiger charge is -2.16. The molecule has 1 aromatic carbocycles. The Morgan fingerprint density at radius 1 is 1.29 bits per heavy atom. The second-order valence-corrected chi connectivity index (χ2v) is 4.76. The van der Waals surface area contributed by atoms with Crippen LogP contribution in [-0.4, -0.2) is 17.6 Å². The molecule has 3 nitrogen and oxygen atoms in total. The minimum Gasteiger partial charge on any atom is -0.481 e. The Kier molecular flexibility index (Phi) is 4.55. The Morgan fingerprint density at radius 3 is 2.53 bits per heavy atom. The number of hydrogen-bond donors (Lipinski definition) is 2. The molecule has 0 aromatic heterocycles. The number of carboxylic acids is 1. The maximum Gasteiger partial charge on any atom is 0.303 e. The first kappa shape index (κ1) is 13.6. The van der Waals surface area contributed by atoms with Crippen LogP contribution < -0.4 is 5.32 Å². The summed E-state index contributed by atoms with van der Waals surface area (Å²) < 4.78 is 0. The van der Waals surface area contributed by atoms with E-state index in [1.807, 2.05) is 6.92 Å². The van der Waals surface area contributed by atoms with Crippen molar-refractivity contribution >= 4 is 11.7 Å². The minimum atomic E-state index is -0.740. The van der Waals surface area contributed by atoms with E-state index in [1.165, 1.54) is 16.7 Å². The van der Waals surface area contributed by atoms with Crippen LogP contribution in [0, 0.1) is 26.7 Å². The second-order valence-electron chi connectivity index (χ2n) is 4.76. The first-order valence-electron chi connectivity index (χ1n) is 5.94. The maximum atomic E-state index is 10.6. The number of hydrogen-bond acceptors (Lipinski definition) is 2. The lowest BCUT2D eigenvalue weighted by Crippen LogP contribution is -2.15. The quantitative estimate of drug-likeness (QED) is 0.824. The van der Waals surface area contributed by atoms with Crippen LogP contribution >= 0.6 is 0 Å². The summed E-state index contributed by atoms with van der Waals surface area (Å²) in [6.45, 7) is 8.93. The Morgan fingerprint density at radius 2 is 1.94 bits per heavy atom. The Bertz CT molecular complexity index is 413. The number of carbonyl (C=O) groups is 1. The van der Waals surface area contributed by atoms with Crippen molar-refractivity contribution in [3.05, 3.63) is 28.8 Å². The highest BCUT2D eigenvalue weighted by molar-refractivity contribution is 5.67. The fraction of sp³-hybridized carbons (Fsp3) is 0.500. The molecule has 17 heavy (non-hydrogen) atoms. The van der Waals surface area contributed by atoms with E-state index in [1.54, 1.807) is 0 Å². The highest BCUT2D eigenvalue weighted by atomic mass is 16.4. The van der Waals surface area contributed by atoms with Gasteiger partial charge in [-0.1, -0.05) is 13.0 Å². The summed E-state index contributed by atoms with van der Waals surface area (Å²) in [5.74, 6) is -0.607. The number of nitrogens with one attached hydrogen (secondary N) is 1. The number of rotatable bonds is 5. The fourth-order valence-corrected chi connectivity index (χ4v) is 1.80. The van der Waals surface area contributed by atoms with E-state index in [2.05, 4.69) is 38.2 Å². The van der Waals surface area contributed by atoms with E-state index in [0.29, 0.717) is 6.54 Å². The maximum absolute atomic E-state index is 10.6. The summed E-state index contributed by atoms with van der Waals surface area (Å²) in [6.07, 6.45) is 0.205. The molecule has 0 heterocycles. The summed E-state index contributed by atoms with van der Waals surface area (Å²) in [4.78, 5) is 10.6. The zero-order chi connectivity index (χ0) is 13.0. The minimum absolute atomic E-state index is 0.133. The van der Waals surface area contributed by atoms with E-state index in [4.69, 9.17) is 5.11 Å². The molecule has 0 amide bonds.